The number of ether oxygens (including phenoxy) is 1. The van der Waals surface area contributed by atoms with Gasteiger partial charge in [0.1, 0.15) is 11.5 Å². The van der Waals surface area contributed by atoms with Crippen LogP contribution in [0.5, 0.6) is 11.5 Å². The van der Waals surface area contributed by atoms with Crippen LogP contribution < -0.4 is 10.5 Å². The highest BCUT2D eigenvalue weighted by Gasteiger charge is 2.08. The average molecular weight is 385 g/mol. The minimum atomic E-state index is -0.00368. The van der Waals surface area contributed by atoms with Crippen molar-refractivity contribution in [1.82, 2.24) is 0 Å². The molecule has 0 fully saturated rings. The molecule has 0 heterocycles. The van der Waals surface area contributed by atoms with Crippen molar-refractivity contribution in [2.24, 2.45) is 5.73 Å². The second kappa shape index (κ2) is 6.07. The quantitative estimate of drug-likeness (QED) is 0.775. The van der Waals surface area contributed by atoms with Gasteiger partial charge in [0.05, 0.1) is 0 Å². The van der Waals surface area contributed by atoms with Gasteiger partial charge in [0.25, 0.3) is 0 Å². The van der Waals surface area contributed by atoms with Crippen LogP contribution in [0.25, 0.3) is 0 Å². The van der Waals surface area contributed by atoms with Crippen LogP contribution in [0.4, 0.5) is 0 Å². The first-order chi connectivity index (χ1) is 8.97. The SMILES string of the molecule is Cc1ccc(Br)cc1Oc1ccc([C@@H](C)N)c(Br)c1. The summed E-state index contributed by atoms with van der Waals surface area (Å²) in [5.41, 5.74) is 8.05. The van der Waals surface area contributed by atoms with Crippen molar-refractivity contribution in [2.75, 3.05) is 0 Å². The second-order valence-electron chi connectivity index (χ2n) is 4.48. The van der Waals surface area contributed by atoms with Crippen molar-refractivity contribution in [1.29, 1.82) is 0 Å². The normalized spacial score (nSPS) is 12.3. The molecule has 0 saturated carbocycles. The van der Waals surface area contributed by atoms with E-state index in [1.54, 1.807) is 0 Å². The summed E-state index contributed by atoms with van der Waals surface area (Å²) in [6.45, 7) is 3.98. The van der Waals surface area contributed by atoms with Crippen LogP contribution >= 0.6 is 31.9 Å². The summed E-state index contributed by atoms with van der Waals surface area (Å²) in [6, 6.07) is 11.8. The molecule has 2 rings (SSSR count). The van der Waals surface area contributed by atoms with Gasteiger partial charge in [-0.25, -0.2) is 0 Å². The first-order valence-electron chi connectivity index (χ1n) is 5.96. The number of aryl methyl sites for hydroxylation is 1. The minimum Gasteiger partial charge on any atom is -0.457 e. The van der Waals surface area contributed by atoms with Crippen LogP contribution in [0.3, 0.4) is 0 Å². The summed E-state index contributed by atoms with van der Waals surface area (Å²) in [6.07, 6.45) is 0. The predicted molar refractivity (Wildman–Crippen MR) is 85.7 cm³/mol. The van der Waals surface area contributed by atoms with Crippen LogP contribution in [0.2, 0.25) is 0 Å². The van der Waals surface area contributed by atoms with Gasteiger partial charge in [-0.15, -0.1) is 0 Å². The Morgan fingerprint density at radius 3 is 2.47 bits per heavy atom. The molecule has 2 nitrogen and oxygen atoms in total. The van der Waals surface area contributed by atoms with Gasteiger partial charge in [0.15, 0.2) is 0 Å². The van der Waals surface area contributed by atoms with E-state index in [2.05, 4.69) is 31.9 Å². The van der Waals surface area contributed by atoms with Gasteiger partial charge in [-0.3, -0.25) is 0 Å². The zero-order valence-corrected chi connectivity index (χ0v) is 14.0. The van der Waals surface area contributed by atoms with E-state index in [4.69, 9.17) is 10.5 Å². The Hall–Kier alpha value is -0.840. The summed E-state index contributed by atoms with van der Waals surface area (Å²) in [7, 11) is 0. The second-order valence-corrected chi connectivity index (χ2v) is 6.25. The molecule has 19 heavy (non-hydrogen) atoms. The van der Waals surface area contributed by atoms with Gasteiger partial charge in [0.2, 0.25) is 0 Å². The van der Waals surface area contributed by atoms with E-state index in [-0.39, 0.29) is 6.04 Å². The Labute approximate surface area is 130 Å². The van der Waals surface area contributed by atoms with Gasteiger partial charge >= 0.3 is 0 Å². The molecule has 2 N–H and O–H groups in total. The first kappa shape index (κ1) is 14.6. The molecule has 0 radical (unpaired) electrons. The molecule has 0 aliphatic heterocycles. The van der Waals surface area contributed by atoms with Crippen LogP contribution in [-0.2, 0) is 0 Å². The lowest BCUT2D eigenvalue weighted by molar-refractivity contribution is 0.478. The maximum atomic E-state index is 5.90. The van der Waals surface area contributed by atoms with E-state index in [1.807, 2.05) is 50.2 Å². The monoisotopic (exact) mass is 383 g/mol. The third kappa shape index (κ3) is 3.59. The van der Waals surface area contributed by atoms with E-state index in [1.165, 1.54) is 0 Å². The van der Waals surface area contributed by atoms with E-state index < -0.39 is 0 Å². The highest BCUT2D eigenvalue weighted by Crippen LogP contribution is 2.32. The van der Waals surface area contributed by atoms with Gasteiger partial charge in [0, 0.05) is 15.0 Å². The molecule has 2 aromatic carbocycles. The maximum Gasteiger partial charge on any atom is 0.131 e. The Bertz CT molecular complexity index is 597. The number of halogens is 2. The van der Waals surface area contributed by atoms with Crippen LogP contribution in [0.15, 0.2) is 45.3 Å². The molecule has 2 aromatic rings. The lowest BCUT2D eigenvalue weighted by Gasteiger charge is -2.12. The van der Waals surface area contributed by atoms with Gasteiger partial charge in [-0.05, 0) is 49.2 Å². The minimum absolute atomic E-state index is 0.00368. The highest BCUT2D eigenvalue weighted by atomic mass is 79.9. The Morgan fingerprint density at radius 2 is 1.84 bits per heavy atom. The molecule has 0 spiro atoms. The van der Waals surface area contributed by atoms with Gasteiger partial charge in [-0.1, -0.05) is 44.0 Å². The molecule has 0 amide bonds. The third-order valence-corrected chi connectivity index (χ3v) is 4.02. The molecule has 0 aliphatic carbocycles. The summed E-state index contributed by atoms with van der Waals surface area (Å²) in [5.74, 6) is 1.63. The summed E-state index contributed by atoms with van der Waals surface area (Å²) in [4.78, 5) is 0. The molecular formula is C15H15Br2NO. The summed E-state index contributed by atoms with van der Waals surface area (Å²) in [5, 5.41) is 0. The first-order valence-corrected chi connectivity index (χ1v) is 7.55. The Balaban J connectivity index is 2.29. The topological polar surface area (TPSA) is 35.2 Å². The Kier molecular flexibility index (Phi) is 4.66. The predicted octanol–water partition coefficient (Wildman–Crippen LogP) is 5.33. The lowest BCUT2D eigenvalue weighted by Crippen LogP contribution is -2.05. The third-order valence-electron chi connectivity index (χ3n) is 2.84. The van der Waals surface area contributed by atoms with Crippen LogP contribution in [0, 0.1) is 6.92 Å². The summed E-state index contributed by atoms with van der Waals surface area (Å²) < 4.78 is 7.87. The number of benzene rings is 2. The standard InChI is InChI=1S/C15H15Br2NO/c1-9-3-4-11(16)7-15(9)19-12-5-6-13(10(2)18)14(17)8-12/h3-8,10H,18H2,1-2H3/t10-/m1/s1. The van der Waals surface area contributed by atoms with Crippen molar-refractivity contribution in [2.45, 2.75) is 19.9 Å². The zero-order chi connectivity index (χ0) is 14.0. The van der Waals surface area contributed by atoms with Crippen LogP contribution in [-0.4, -0.2) is 0 Å². The van der Waals surface area contributed by atoms with E-state index in [0.717, 1.165) is 31.6 Å². The molecular weight excluding hydrogens is 370 g/mol. The fraction of sp³-hybridized carbons (Fsp3) is 0.200. The summed E-state index contributed by atoms with van der Waals surface area (Å²) >= 11 is 6.97. The zero-order valence-electron chi connectivity index (χ0n) is 10.8. The van der Waals surface area contributed by atoms with E-state index in [0.29, 0.717) is 0 Å². The fourth-order valence-corrected chi connectivity index (χ4v) is 2.81. The number of hydrogen-bond donors (Lipinski definition) is 1. The van der Waals surface area contributed by atoms with Crippen molar-refractivity contribution in [3.05, 3.63) is 56.5 Å². The van der Waals surface area contributed by atoms with Gasteiger partial charge in [-0.2, -0.15) is 0 Å². The number of hydrogen-bond acceptors (Lipinski definition) is 2. The fourth-order valence-electron chi connectivity index (χ4n) is 1.75. The molecule has 4 heteroatoms. The maximum absolute atomic E-state index is 5.90. The lowest BCUT2D eigenvalue weighted by atomic mass is 10.1. The number of nitrogens with two attached hydrogens (primary N) is 1. The number of rotatable bonds is 3. The van der Waals surface area contributed by atoms with E-state index in [9.17, 15) is 0 Å². The largest absolute Gasteiger partial charge is 0.457 e. The molecule has 0 bridgehead atoms. The molecule has 0 saturated heterocycles. The van der Waals surface area contributed by atoms with E-state index >= 15 is 0 Å². The van der Waals surface area contributed by atoms with Crippen LogP contribution in [0.1, 0.15) is 24.1 Å². The average Bonchev–Trinajstić information content (AvgIpc) is 2.33. The molecule has 0 aromatic heterocycles. The van der Waals surface area contributed by atoms with Crippen molar-refractivity contribution in [3.63, 3.8) is 0 Å². The molecule has 0 aliphatic rings. The molecule has 1 atom stereocenters. The van der Waals surface area contributed by atoms with Crippen molar-refractivity contribution in [3.8, 4) is 11.5 Å². The molecule has 0 unspecified atom stereocenters. The molecule has 100 valence electrons. The van der Waals surface area contributed by atoms with Gasteiger partial charge < -0.3 is 10.5 Å². The highest BCUT2D eigenvalue weighted by molar-refractivity contribution is 9.10. The Morgan fingerprint density at radius 1 is 1.11 bits per heavy atom. The van der Waals surface area contributed by atoms with Crippen molar-refractivity contribution >= 4 is 31.9 Å². The van der Waals surface area contributed by atoms with Crippen molar-refractivity contribution < 1.29 is 4.74 Å². The smallest absolute Gasteiger partial charge is 0.131 e.